The molecule has 0 aliphatic heterocycles. The Morgan fingerprint density at radius 2 is 1.70 bits per heavy atom. The summed E-state index contributed by atoms with van der Waals surface area (Å²) >= 11 is 0. The average Bonchev–Trinajstić information content (AvgIpc) is 2.46. The van der Waals surface area contributed by atoms with Crippen molar-refractivity contribution in [3.8, 4) is 0 Å². The fourth-order valence-corrected chi connectivity index (χ4v) is 1.55. The van der Waals surface area contributed by atoms with Crippen LogP contribution in [0.15, 0.2) is 0 Å². The first kappa shape index (κ1) is 20.8. The standard InChI is InChI=1S/C12H22N4O7/c1-5(18)9(16-10(20)6(13)4-17)11(21)15-7(12(22)23)2-3-8(14)19/h5-7,9,17-18H,2-4,13H2,1H3,(H2,14,19)(H,15,21)(H,16,20)(H,22,23). The molecule has 0 aliphatic rings. The monoisotopic (exact) mass is 334 g/mol. The average molecular weight is 334 g/mol. The number of carbonyl (C=O) groups is 4. The van der Waals surface area contributed by atoms with Gasteiger partial charge in [-0.05, 0) is 13.3 Å². The molecule has 4 unspecified atom stereocenters. The maximum atomic E-state index is 12.0. The van der Waals surface area contributed by atoms with E-state index in [1.165, 1.54) is 6.92 Å². The highest BCUT2D eigenvalue weighted by molar-refractivity contribution is 5.92. The number of hydrogen-bond donors (Lipinski definition) is 7. The molecule has 0 saturated carbocycles. The van der Waals surface area contributed by atoms with Crippen LogP contribution in [-0.4, -0.2) is 69.8 Å². The number of nitrogens with one attached hydrogen (secondary N) is 2. The molecule has 0 rings (SSSR count). The molecule has 9 N–H and O–H groups in total. The molecule has 0 bridgehead atoms. The van der Waals surface area contributed by atoms with Gasteiger partial charge in [-0.2, -0.15) is 0 Å². The molecule has 0 radical (unpaired) electrons. The normalized spacial score (nSPS) is 15.8. The molecule has 0 aliphatic carbocycles. The fourth-order valence-electron chi connectivity index (χ4n) is 1.55. The first-order chi connectivity index (χ1) is 10.6. The van der Waals surface area contributed by atoms with Gasteiger partial charge in [-0.3, -0.25) is 14.4 Å². The largest absolute Gasteiger partial charge is 0.480 e. The number of rotatable bonds is 10. The van der Waals surface area contributed by atoms with Crippen LogP contribution in [0.1, 0.15) is 19.8 Å². The lowest BCUT2D eigenvalue weighted by atomic mass is 10.1. The molecule has 4 atom stereocenters. The Kier molecular flexibility index (Phi) is 8.77. The number of aliphatic hydroxyl groups excluding tert-OH is 2. The van der Waals surface area contributed by atoms with Crippen LogP contribution in [0.5, 0.6) is 0 Å². The second-order valence-electron chi connectivity index (χ2n) is 4.92. The number of carboxylic acid groups (broad SMARTS) is 1. The number of amides is 3. The van der Waals surface area contributed by atoms with Gasteiger partial charge >= 0.3 is 5.97 Å². The Morgan fingerprint density at radius 1 is 1.13 bits per heavy atom. The molecule has 11 nitrogen and oxygen atoms in total. The van der Waals surface area contributed by atoms with Gasteiger partial charge in [-0.25, -0.2) is 4.79 Å². The molecule has 0 aromatic rings. The fraction of sp³-hybridized carbons (Fsp3) is 0.667. The summed E-state index contributed by atoms with van der Waals surface area (Å²) in [6.07, 6.45) is -1.86. The smallest absolute Gasteiger partial charge is 0.326 e. The van der Waals surface area contributed by atoms with Crippen LogP contribution in [-0.2, 0) is 19.2 Å². The minimum atomic E-state index is -1.48. The van der Waals surface area contributed by atoms with Gasteiger partial charge in [0.05, 0.1) is 12.7 Å². The predicted molar refractivity (Wildman–Crippen MR) is 76.7 cm³/mol. The van der Waals surface area contributed by atoms with E-state index >= 15 is 0 Å². The van der Waals surface area contributed by atoms with E-state index in [9.17, 15) is 24.3 Å². The van der Waals surface area contributed by atoms with E-state index in [1.54, 1.807) is 0 Å². The van der Waals surface area contributed by atoms with Crippen molar-refractivity contribution in [3.05, 3.63) is 0 Å². The van der Waals surface area contributed by atoms with Gasteiger partial charge in [-0.1, -0.05) is 0 Å². The zero-order valence-electron chi connectivity index (χ0n) is 12.6. The van der Waals surface area contributed by atoms with Crippen LogP contribution in [0.2, 0.25) is 0 Å². The lowest BCUT2D eigenvalue weighted by Gasteiger charge is -2.24. The van der Waals surface area contributed by atoms with Gasteiger partial charge in [0.25, 0.3) is 0 Å². The minimum Gasteiger partial charge on any atom is -0.480 e. The van der Waals surface area contributed by atoms with Crippen molar-refractivity contribution in [3.63, 3.8) is 0 Å². The number of primary amides is 1. The summed E-state index contributed by atoms with van der Waals surface area (Å²) < 4.78 is 0. The van der Waals surface area contributed by atoms with Crippen LogP contribution in [0.3, 0.4) is 0 Å². The van der Waals surface area contributed by atoms with Crippen LogP contribution in [0, 0.1) is 0 Å². The molecular weight excluding hydrogens is 312 g/mol. The summed E-state index contributed by atoms with van der Waals surface area (Å²) in [6.45, 7) is 0.532. The zero-order chi connectivity index (χ0) is 18.2. The van der Waals surface area contributed by atoms with Crippen LogP contribution >= 0.6 is 0 Å². The van der Waals surface area contributed by atoms with E-state index in [4.69, 9.17) is 21.7 Å². The third kappa shape index (κ3) is 7.54. The first-order valence-corrected chi connectivity index (χ1v) is 6.76. The Morgan fingerprint density at radius 3 is 2.09 bits per heavy atom. The molecule has 23 heavy (non-hydrogen) atoms. The SMILES string of the molecule is CC(O)C(NC(=O)C(N)CO)C(=O)NC(CCC(N)=O)C(=O)O. The van der Waals surface area contributed by atoms with Gasteiger partial charge < -0.3 is 37.4 Å². The number of aliphatic carboxylic acids is 1. The van der Waals surface area contributed by atoms with Gasteiger partial charge in [0, 0.05) is 6.42 Å². The second kappa shape index (κ2) is 9.71. The Labute approximate surface area is 132 Å². The Hall–Kier alpha value is -2.24. The van der Waals surface area contributed by atoms with Crippen LogP contribution < -0.4 is 22.1 Å². The summed E-state index contributed by atoms with van der Waals surface area (Å²) in [7, 11) is 0. The third-order valence-electron chi connectivity index (χ3n) is 2.89. The number of hydrogen-bond acceptors (Lipinski definition) is 7. The van der Waals surface area contributed by atoms with E-state index in [-0.39, 0.29) is 12.8 Å². The number of carboxylic acids is 1. The maximum Gasteiger partial charge on any atom is 0.326 e. The highest BCUT2D eigenvalue weighted by atomic mass is 16.4. The summed E-state index contributed by atoms with van der Waals surface area (Å²) in [5, 5.41) is 31.5. The maximum absolute atomic E-state index is 12.0. The van der Waals surface area contributed by atoms with Crippen molar-refractivity contribution in [2.24, 2.45) is 11.5 Å². The highest BCUT2D eigenvalue weighted by Gasteiger charge is 2.30. The number of nitrogens with two attached hydrogens (primary N) is 2. The number of carbonyl (C=O) groups excluding carboxylic acids is 3. The molecule has 0 heterocycles. The van der Waals surface area contributed by atoms with Crippen LogP contribution in [0.4, 0.5) is 0 Å². The molecule has 0 aromatic carbocycles. The third-order valence-corrected chi connectivity index (χ3v) is 2.89. The van der Waals surface area contributed by atoms with E-state index < -0.39 is 54.5 Å². The van der Waals surface area contributed by atoms with Crippen molar-refractivity contribution in [1.82, 2.24) is 10.6 Å². The van der Waals surface area contributed by atoms with E-state index in [1.807, 2.05) is 0 Å². The summed E-state index contributed by atoms with van der Waals surface area (Å²) in [5.74, 6) is -4.00. The Bertz CT molecular complexity index is 455. The molecule has 0 fully saturated rings. The van der Waals surface area contributed by atoms with E-state index in [0.29, 0.717) is 0 Å². The van der Waals surface area contributed by atoms with Crippen molar-refractivity contribution in [1.29, 1.82) is 0 Å². The lowest BCUT2D eigenvalue weighted by Crippen LogP contribution is -2.58. The lowest BCUT2D eigenvalue weighted by molar-refractivity contribution is -0.143. The molecule has 0 spiro atoms. The predicted octanol–water partition coefficient (Wildman–Crippen LogP) is -3.99. The highest BCUT2D eigenvalue weighted by Crippen LogP contribution is 2.01. The van der Waals surface area contributed by atoms with E-state index in [0.717, 1.165) is 0 Å². The molecule has 3 amide bonds. The molecule has 11 heteroatoms. The molecular formula is C12H22N4O7. The van der Waals surface area contributed by atoms with Crippen molar-refractivity contribution < 1.29 is 34.5 Å². The van der Waals surface area contributed by atoms with Crippen LogP contribution in [0.25, 0.3) is 0 Å². The molecule has 132 valence electrons. The van der Waals surface area contributed by atoms with Gasteiger partial charge in [0.15, 0.2) is 0 Å². The van der Waals surface area contributed by atoms with Crippen molar-refractivity contribution >= 4 is 23.7 Å². The molecule has 0 saturated heterocycles. The van der Waals surface area contributed by atoms with Gasteiger partial charge in [0.1, 0.15) is 18.1 Å². The second-order valence-corrected chi connectivity index (χ2v) is 4.92. The minimum absolute atomic E-state index is 0.243. The van der Waals surface area contributed by atoms with Gasteiger partial charge in [-0.15, -0.1) is 0 Å². The first-order valence-electron chi connectivity index (χ1n) is 6.76. The summed E-state index contributed by atoms with van der Waals surface area (Å²) in [5.41, 5.74) is 10.2. The van der Waals surface area contributed by atoms with Gasteiger partial charge in [0.2, 0.25) is 17.7 Å². The van der Waals surface area contributed by atoms with Crippen molar-refractivity contribution in [2.75, 3.05) is 6.61 Å². The quantitative estimate of drug-likeness (QED) is 0.209. The topological polar surface area (TPSA) is 205 Å². The Balaban J connectivity index is 4.91. The van der Waals surface area contributed by atoms with E-state index in [2.05, 4.69) is 10.6 Å². The summed E-state index contributed by atoms with van der Waals surface area (Å²) in [6, 6.07) is -4.19. The zero-order valence-corrected chi connectivity index (χ0v) is 12.6. The number of aliphatic hydroxyl groups is 2. The molecule has 0 aromatic heterocycles. The summed E-state index contributed by atoms with van der Waals surface area (Å²) in [4.78, 5) is 45.3. The van der Waals surface area contributed by atoms with Crippen molar-refractivity contribution in [2.45, 2.75) is 44.0 Å².